The van der Waals surface area contributed by atoms with Crippen LogP contribution in [0.5, 0.6) is 11.5 Å². The van der Waals surface area contributed by atoms with Gasteiger partial charge in [0.15, 0.2) is 11.5 Å². The van der Waals surface area contributed by atoms with Crippen LogP contribution in [0.25, 0.3) is 0 Å². The first-order chi connectivity index (χ1) is 7.66. The molecular weight excluding hydrogens is 274 g/mol. The minimum atomic E-state index is -0.459. The predicted octanol–water partition coefficient (Wildman–Crippen LogP) is 1.66. The molecule has 1 aromatic rings. The second kappa shape index (κ2) is 3.61. The lowest BCUT2D eigenvalue weighted by Gasteiger charge is -2.30. The van der Waals surface area contributed by atoms with Crippen LogP contribution in [-0.2, 0) is 6.54 Å². The first-order valence-electron chi connectivity index (χ1n) is 5.14. The molecule has 0 bridgehead atoms. The van der Waals surface area contributed by atoms with Crippen molar-refractivity contribution in [3.05, 3.63) is 21.7 Å². The standard InChI is InChI=1S/C11H12BrNO3/c1-13-3-7-6(8(14)4-13)2-9-11(10(7)12)16-5-15-9/h2,8,14H,3-5H2,1H3/t8-/m1/s1. The molecule has 16 heavy (non-hydrogen) atoms. The highest BCUT2D eigenvalue weighted by Gasteiger charge is 2.29. The van der Waals surface area contributed by atoms with Crippen LogP contribution in [0.3, 0.4) is 0 Å². The van der Waals surface area contributed by atoms with Crippen molar-refractivity contribution in [1.82, 2.24) is 4.90 Å². The maximum absolute atomic E-state index is 10.0. The van der Waals surface area contributed by atoms with E-state index in [1.165, 1.54) is 0 Å². The molecule has 0 unspecified atom stereocenters. The Morgan fingerprint density at radius 1 is 1.50 bits per heavy atom. The zero-order chi connectivity index (χ0) is 11.3. The van der Waals surface area contributed by atoms with Crippen molar-refractivity contribution in [2.45, 2.75) is 12.6 Å². The average Bonchev–Trinajstić information content (AvgIpc) is 2.68. The summed E-state index contributed by atoms with van der Waals surface area (Å²) in [6.07, 6.45) is -0.459. The number of nitrogens with zero attached hydrogens (tertiary/aromatic N) is 1. The van der Waals surface area contributed by atoms with E-state index in [1.54, 1.807) is 0 Å². The molecule has 0 aliphatic carbocycles. The lowest BCUT2D eigenvalue weighted by Crippen LogP contribution is -2.30. The van der Waals surface area contributed by atoms with Crippen molar-refractivity contribution < 1.29 is 14.6 Å². The molecule has 0 fully saturated rings. The first-order valence-corrected chi connectivity index (χ1v) is 5.93. The van der Waals surface area contributed by atoms with Gasteiger partial charge < -0.3 is 14.6 Å². The summed E-state index contributed by atoms with van der Waals surface area (Å²) >= 11 is 3.53. The van der Waals surface area contributed by atoms with E-state index in [9.17, 15) is 5.11 Å². The molecular formula is C11H12BrNO3. The fraction of sp³-hybridized carbons (Fsp3) is 0.455. The molecule has 1 atom stereocenters. The number of hydrogen-bond donors (Lipinski definition) is 1. The predicted molar refractivity (Wildman–Crippen MR) is 61.6 cm³/mol. The van der Waals surface area contributed by atoms with E-state index in [1.807, 2.05) is 13.1 Å². The number of halogens is 1. The SMILES string of the molecule is CN1Cc2c(cc3c(c2Br)OCO3)[C@H](O)C1. The Morgan fingerprint density at radius 2 is 2.31 bits per heavy atom. The molecule has 2 heterocycles. The van der Waals surface area contributed by atoms with E-state index in [2.05, 4.69) is 20.8 Å². The minimum absolute atomic E-state index is 0.253. The van der Waals surface area contributed by atoms with Gasteiger partial charge >= 0.3 is 0 Å². The normalized spacial score (nSPS) is 23.3. The maximum Gasteiger partial charge on any atom is 0.231 e. The van der Waals surface area contributed by atoms with Gasteiger partial charge in [-0.15, -0.1) is 0 Å². The van der Waals surface area contributed by atoms with E-state index in [4.69, 9.17) is 9.47 Å². The molecule has 4 nitrogen and oxygen atoms in total. The fourth-order valence-corrected chi connectivity index (χ4v) is 2.91. The number of fused-ring (bicyclic) bond motifs is 2. The molecule has 3 rings (SSSR count). The van der Waals surface area contributed by atoms with E-state index < -0.39 is 6.10 Å². The average molecular weight is 286 g/mol. The van der Waals surface area contributed by atoms with Crippen LogP contribution in [0.1, 0.15) is 17.2 Å². The number of aliphatic hydroxyl groups is 1. The Labute approximate surface area is 102 Å². The van der Waals surface area contributed by atoms with Gasteiger partial charge in [-0.3, -0.25) is 4.90 Å². The number of aliphatic hydroxyl groups excluding tert-OH is 1. The van der Waals surface area contributed by atoms with Gasteiger partial charge in [-0.1, -0.05) is 0 Å². The highest BCUT2D eigenvalue weighted by Crippen LogP contribution is 2.45. The topological polar surface area (TPSA) is 41.9 Å². The number of likely N-dealkylation sites (N-methyl/N-ethyl adjacent to an activating group) is 1. The number of rotatable bonds is 0. The van der Waals surface area contributed by atoms with Gasteiger partial charge in [-0.25, -0.2) is 0 Å². The smallest absolute Gasteiger partial charge is 0.231 e. The molecule has 2 aliphatic heterocycles. The third kappa shape index (κ3) is 1.43. The molecule has 0 spiro atoms. The Balaban J connectivity index is 2.18. The molecule has 0 amide bonds. The molecule has 1 N–H and O–H groups in total. The van der Waals surface area contributed by atoms with E-state index >= 15 is 0 Å². The first kappa shape index (κ1) is 10.4. The van der Waals surface area contributed by atoms with Gasteiger partial charge in [0, 0.05) is 13.1 Å². The minimum Gasteiger partial charge on any atom is -0.454 e. The van der Waals surface area contributed by atoms with Crippen LogP contribution >= 0.6 is 15.9 Å². The molecule has 2 aliphatic rings. The molecule has 0 radical (unpaired) electrons. The highest BCUT2D eigenvalue weighted by atomic mass is 79.9. The monoisotopic (exact) mass is 285 g/mol. The Bertz CT molecular complexity index is 449. The second-order valence-electron chi connectivity index (χ2n) is 4.20. The van der Waals surface area contributed by atoms with Gasteiger partial charge in [0.05, 0.1) is 10.6 Å². The summed E-state index contributed by atoms with van der Waals surface area (Å²) in [7, 11) is 1.99. The lowest BCUT2D eigenvalue weighted by molar-refractivity contribution is 0.107. The van der Waals surface area contributed by atoms with Crippen LogP contribution < -0.4 is 9.47 Å². The lowest BCUT2D eigenvalue weighted by atomic mass is 9.97. The number of hydrogen-bond acceptors (Lipinski definition) is 4. The third-order valence-corrected chi connectivity index (χ3v) is 3.85. The number of ether oxygens (including phenoxy) is 2. The Morgan fingerprint density at radius 3 is 3.12 bits per heavy atom. The number of benzene rings is 1. The maximum atomic E-state index is 10.0. The summed E-state index contributed by atoms with van der Waals surface area (Å²) < 4.78 is 11.6. The van der Waals surface area contributed by atoms with Crippen LogP contribution in [0.4, 0.5) is 0 Å². The summed E-state index contributed by atoms with van der Waals surface area (Å²) in [6, 6.07) is 1.89. The van der Waals surface area contributed by atoms with Crippen molar-refractivity contribution in [3.8, 4) is 11.5 Å². The largest absolute Gasteiger partial charge is 0.454 e. The zero-order valence-corrected chi connectivity index (χ0v) is 10.5. The summed E-state index contributed by atoms with van der Waals surface area (Å²) in [5, 5.41) is 10.0. The van der Waals surface area contributed by atoms with Crippen LogP contribution in [0.15, 0.2) is 10.5 Å². The summed E-state index contributed by atoms with van der Waals surface area (Å²) in [4.78, 5) is 2.08. The van der Waals surface area contributed by atoms with Crippen LogP contribution in [-0.4, -0.2) is 30.4 Å². The van der Waals surface area contributed by atoms with Crippen molar-refractivity contribution in [3.63, 3.8) is 0 Å². The van der Waals surface area contributed by atoms with Crippen molar-refractivity contribution in [1.29, 1.82) is 0 Å². The van der Waals surface area contributed by atoms with Crippen molar-refractivity contribution in [2.24, 2.45) is 0 Å². The van der Waals surface area contributed by atoms with E-state index in [0.717, 1.165) is 27.9 Å². The van der Waals surface area contributed by atoms with Gasteiger partial charge in [-0.2, -0.15) is 0 Å². The van der Waals surface area contributed by atoms with Crippen LogP contribution in [0.2, 0.25) is 0 Å². The van der Waals surface area contributed by atoms with E-state index in [0.29, 0.717) is 12.3 Å². The van der Waals surface area contributed by atoms with Gasteiger partial charge in [0.1, 0.15) is 0 Å². The molecule has 86 valence electrons. The van der Waals surface area contributed by atoms with Crippen molar-refractivity contribution in [2.75, 3.05) is 20.4 Å². The van der Waals surface area contributed by atoms with Crippen molar-refractivity contribution >= 4 is 15.9 Å². The summed E-state index contributed by atoms with van der Waals surface area (Å²) in [5.41, 5.74) is 2.03. The summed E-state index contributed by atoms with van der Waals surface area (Å²) in [6.45, 7) is 1.71. The molecule has 1 aromatic carbocycles. The molecule has 0 saturated heterocycles. The quantitative estimate of drug-likeness (QED) is 0.787. The molecule has 0 aromatic heterocycles. The fourth-order valence-electron chi connectivity index (χ4n) is 2.25. The Kier molecular flexibility index (Phi) is 2.34. The number of β-amino-alcohol motifs (C(OH)–C–C–N with tert-alkyl or cyclic N) is 1. The van der Waals surface area contributed by atoms with Gasteiger partial charge in [0.25, 0.3) is 0 Å². The molecule has 5 heteroatoms. The van der Waals surface area contributed by atoms with Crippen LogP contribution in [0, 0.1) is 0 Å². The van der Waals surface area contributed by atoms with Gasteiger partial charge in [-0.05, 0) is 40.2 Å². The second-order valence-corrected chi connectivity index (χ2v) is 5.00. The highest BCUT2D eigenvalue weighted by molar-refractivity contribution is 9.10. The summed E-state index contributed by atoms with van der Waals surface area (Å²) in [5.74, 6) is 1.47. The van der Waals surface area contributed by atoms with Gasteiger partial charge in [0.2, 0.25) is 6.79 Å². The Hall–Kier alpha value is -0.780. The zero-order valence-electron chi connectivity index (χ0n) is 8.86. The van der Waals surface area contributed by atoms with E-state index in [-0.39, 0.29) is 6.79 Å². The molecule has 0 saturated carbocycles. The third-order valence-electron chi connectivity index (χ3n) is 3.01.